The number of azide groups is 1. The van der Waals surface area contributed by atoms with Crippen molar-refractivity contribution >= 4 is 12.1 Å². The maximum absolute atomic E-state index is 11.9. The second-order valence-electron chi connectivity index (χ2n) is 5.40. The molecule has 134 valence electrons. The van der Waals surface area contributed by atoms with Crippen molar-refractivity contribution in [3.05, 3.63) is 10.4 Å². The molecule has 12 nitrogen and oxygen atoms in total. The fourth-order valence-electron chi connectivity index (χ4n) is 2.46. The molecule has 0 aromatic carbocycles. The zero-order valence-corrected chi connectivity index (χ0v) is 13.2. The summed E-state index contributed by atoms with van der Waals surface area (Å²) < 4.78 is 5.25. The Balaban J connectivity index is 2.31. The van der Waals surface area contributed by atoms with Gasteiger partial charge in [-0.2, -0.15) is 5.11 Å². The lowest BCUT2D eigenvalue weighted by Crippen LogP contribution is -2.41. The number of amides is 1. The van der Waals surface area contributed by atoms with Gasteiger partial charge in [-0.05, 0) is 44.1 Å². The number of unbranched alkanes of at least 4 members (excludes halogenated alkanes) is 1. The van der Waals surface area contributed by atoms with E-state index in [1.165, 1.54) is 0 Å². The van der Waals surface area contributed by atoms with Crippen LogP contribution < -0.4 is 11.7 Å². The normalized spacial score (nSPS) is 21.2. The average Bonchev–Trinajstić information content (AvgIpc) is 2.97. The topological polar surface area (TPSA) is 192 Å². The first-order valence-electron chi connectivity index (χ1n) is 7.59. The van der Waals surface area contributed by atoms with Gasteiger partial charge < -0.3 is 15.7 Å². The van der Waals surface area contributed by atoms with Crippen molar-refractivity contribution in [2.24, 2.45) is 27.1 Å². The number of hydrogen-bond donors (Lipinski definition) is 3. The van der Waals surface area contributed by atoms with Crippen LogP contribution in [0.1, 0.15) is 38.5 Å². The standard InChI is InChI=1S/C12H22N8O4/c13-18-16-8-5-3-6-10(8)24-12(23)20(15)7-2-1-4-9(11(21)22)17-19-14/h8-10H,1-7,15H2,(H2,14,17)(H,21,22)/t8-,9+,10-/m1/s1. The van der Waals surface area contributed by atoms with Crippen molar-refractivity contribution in [1.82, 2.24) is 5.01 Å². The Kier molecular flexibility index (Phi) is 8.30. The summed E-state index contributed by atoms with van der Waals surface area (Å²) in [4.78, 5) is 25.5. The fraction of sp³-hybridized carbons (Fsp3) is 0.833. The number of hydrogen-bond acceptors (Lipinski definition) is 7. The van der Waals surface area contributed by atoms with Crippen molar-refractivity contribution in [2.45, 2.75) is 56.7 Å². The van der Waals surface area contributed by atoms with E-state index in [-0.39, 0.29) is 19.0 Å². The molecule has 0 heterocycles. The number of hydrazine groups is 1. The molecule has 0 aromatic rings. The van der Waals surface area contributed by atoms with Crippen molar-refractivity contribution in [3.8, 4) is 0 Å². The number of ether oxygens (including phenoxy) is 1. The molecule has 0 saturated heterocycles. The van der Waals surface area contributed by atoms with E-state index in [4.69, 9.17) is 27.1 Å². The van der Waals surface area contributed by atoms with E-state index >= 15 is 0 Å². The second kappa shape index (κ2) is 10.2. The quantitative estimate of drug-likeness (QED) is 0.108. The third-order valence-electron chi connectivity index (χ3n) is 3.72. The highest BCUT2D eigenvalue weighted by Gasteiger charge is 2.30. The predicted octanol–water partition coefficient (Wildman–Crippen LogP) is 1.48. The van der Waals surface area contributed by atoms with Gasteiger partial charge in [0.15, 0.2) is 6.04 Å². The number of carboxylic acid groups (broad SMARTS) is 1. The summed E-state index contributed by atoms with van der Waals surface area (Å²) in [5.41, 5.74) is 8.47. The minimum absolute atomic E-state index is 0.198. The maximum atomic E-state index is 11.9. The van der Waals surface area contributed by atoms with Gasteiger partial charge in [-0.25, -0.2) is 20.4 Å². The minimum atomic E-state index is -1.11. The van der Waals surface area contributed by atoms with E-state index in [9.17, 15) is 9.59 Å². The average molecular weight is 342 g/mol. The van der Waals surface area contributed by atoms with Crippen LogP contribution >= 0.6 is 0 Å². The molecule has 0 radical (unpaired) electrons. The molecule has 0 bridgehead atoms. The Bertz CT molecular complexity index is 507. The number of aliphatic carboxylic acids is 1. The van der Waals surface area contributed by atoms with Gasteiger partial charge in [-0.15, -0.1) is 0 Å². The molecule has 0 unspecified atom stereocenters. The third kappa shape index (κ3) is 6.26. The molecule has 0 aromatic heterocycles. The highest BCUT2D eigenvalue weighted by Crippen LogP contribution is 2.25. The second-order valence-corrected chi connectivity index (χ2v) is 5.40. The maximum Gasteiger partial charge on any atom is 0.424 e. The van der Waals surface area contributed by atoms with E-state index < -0.39 is 24.2 Å². The Morgan fingerprint density at radius 2 is 2.17 bits per heavy atom. The highest BCUT2D eigenvalue weighted by molar-refractivity contribution is 5.73. The molecular weight excluding hydrogens is 320 g/mol. The van der Waals surface area contributed by atoms with Gasteiger partial charge in [0.1, 0.15) is 6.10 Å². The van der Waals surface area contributed by atoms with Crippen LogP contribution in [0.15, 0.2) is 15.5 Å². The molecule has 1 aliphatic rings. The lowest BCUT2D eigenvalue weighted by Gasteiger charge is -2.21. The lowest BCUT2D eigenvalue weighted by molar-refractivity contribution is -0.138. The smallest absolute Gasteiger partial charge is 0.424 e. The van der Waals surface area contributed by atoms with Crippen LogP contribution in [0.2, 0.25) is 0 Å². The first-order valence-corrected chi connectivity index (χ1v) is 7.59. The largest absolute Gasteiger partial charge is 0.480 e. The predicted molar refractivity (Wildman–Crippen MR) is 82.3 cm³/mol. The van der Waals surface area contributed by atoms with Gasteiger partial charge in [0.25, 0.3) is 0 Å². The van der Waals surface area contributed by atoms with Crippen molar-refractivity contribution in [2.75, 3.05) is 6.54 Å². The molecular formula is C12H22N8O4. The van der Waals surface area contributed by atoms with E-state index in [2.05, 4.69) is 20.4 Å². The van der Waals surface area contributed by atoms with Crippen LogP contribution in [0.3, 0.4) is 0 Å². The summed E-state index contributed by atoms with van der Waals surface area (Å²) >= 11 is 0. The van der Waals surface area contributed by atoms with Crippen LogP contribution in [-0.2, 0) is 9.53 Å². The molecule has 1 aliphatic carbocycles. The summed E-state index contributed by atoms with van der Waals surface area (Å²) in [5.74, 6) is 9.36. The van der Waals surface area contributed by atoms with Crippen LogP contribution in [0, 0.1) is 0 Å². The Morgan fingerprint density at radius 1 is 1.42 bits per heavy atom. The summed E-state index contributed by atoms with van der Waals surface area (Å²) in [7, 11) is 0. The number of nitrogens with two attached hydrogens (primary N) is 2. The van der Waals surface area contributed by atoms with Crippen LogP contribution in [0.4, 0.5) is 4.79 Å². The van der Waals surface area contributed by atoms with E-state index in [0.29, 0.717) is 25.7 Å². The monoisotopic (exact) mass is 342 g/mol. The third-order valence-corrected chi connectivity index (χ3v) is 3.72. The molecule has 3 atom stereocenters. The molecule has 1 amide bonds. The highest BCUT2D eigenvalue weighted by atomic mass is 16.6. The molecule has 1 fully saturated rings. The zero-order chi connectivity index (χ0) is 17.9. The Hall–Kier alpha value is -2.59. The SMILES string of the molecule is [N-]=[N+]=N[C@@H]1CCC[C@H]1OC(=O)N(N)CCCC[C@H](N=NN)C(=O)O. The lowest BCUT2D eigenvalue weighted by atomic mass is 10.1. The van der Waals surface area contributed by atoms with Gasteiger partial charge >= 0.3 is 12.1 Å². The van der Waals surface area contributed by atoms with Gasteiger partial charge in [0, 0.05) is 11.5 Å². The van der Waals surface area contributed by atoms with Crippen molar-refractivity contribution < 1.29 is 19.4 Å². The molecule has 24 heavy (non-hydrogen) atoms. The summed E-state index contributed by atoms with van der Waals surface area (Å²) in [6, 6.07) is -1.36. The van der Waals surface area contributed by atoms with E-state index in [1.807, 2.05) is 0 Å². The van der Waals surface area contributed by atoms with Gasteiger partial charge in [0.05, 0.1) is 6.04 Å². The van der Waals surface area contributed by atoms with Crippen LogP contribution in [0.5, 0.6) is 0 Å². The Labute approximate surface area is 138 Å². The number of rotatable bonds is 9. The van der Waals surface area contributed by atoms with Gasteiger partial charge in [-0.3, -0.25) is 0 Å². The summed E-state index contributed by atoms with van der Waals surface area (Å²) in [6.07, 6.45) is 2.16. The molecule has 5 N–H and O–H groups in total. The van der Waals surface area contributed by atoms with Crippen LogP contribution in [-0.4, -0.2) is 46.9 Å². The molecule has 1 saturated carbocycles. The molecule has 0 spiro atoms. The number of carboxylic acids is 1. The van der Waals surface area contributed by atoms with Gasteiger partial charge in [0.2, 0.25) is 0 Å². The summed E-state index contributed by atoms with van der Waals surface area (Å²) in [6.45, 7) is 0.198. The molecule has 0 aliphatic heterocycles. The van der Waals surface area contributed by atoms with Crippen molar-refractivity contribution in [3.63, 3.8) is 0 Å². The molecule has 12 heteroatoms. The Morgan fingerprint density at radius 3 is 2.79 bits per heavy atom. The van der Waals surface area contributed by atoms with Crippen molar-refractivity contribution in [1.29, 1.82) is 0 Å². The fourth-order valence-corrected chi connectivity index (χ4v) is 2.46. The minimum Gasteiger partial charge on any atom is -0.480 e. The zero-order valence-electron chi connectivity index (χ0n) is 13.2. The number of carbonyl (C=O) groups excluding carboxylic acids is 1. The first kappa shape index (κ1) is 19.5. The van der Waals surface area contributed by atoms with E-state index in [0.717, 1.165) is 11.4 Å². The van der Waals surface area contributed by atoms with Crippen LogP contribution in [0.25, 0.3) is 10.4 Å². The first-order chi connectivity index (χ1) is 11.5. The molecule has 1 rings (SSSR count). The number of carbonyl (C=O) groups is 2. The van der Waals surface area contributed by atoms with E-state index in [1.54, 1.807) is 0 Å². The number of nitrogens with zero attached hydrogens (tertiary/aromatic N) is 6. The van der Waals surface area contributed by atoms with Gasteiger partial charge in [-0.1, -0.05) is 10.3 Å². The summed E-state index contributed by atoms with van der Waals surface area (Å²) in [5, 5.41) is 19.8.